The van der Waals surface area contributed by atoms with Crippen molar-refractivity contribution in [1.29, 1.82) is 0 Å². The summed E-state index contributed by atoms with van der Waals surface area (Å²) >= 11 is 0. The van der Waals surface area contributed by atoms with E-state index in [1.807, 2.05) is 0 Å². The van der Waals surface area contributed by atoms with Crippen LogP contribution in [0.4, 0.5) is 11.4 Å². The van der Waals surface area contributed by atoms with E-state index in [-0.39, 0.29) is 23.7 Å². The Bertz CT molecular complexity index is 834. The molecule has 6 heteroatoms. The molecule has 34 heavy (non-hydrogen) atoms. The molecule has 2 aliphatic heterocycles. The van der Waals surface area contributed by atoms with E-state index in [4.69, 9.17) is 10.2 Å². The van der Waals surface area contributed by atoms with Crippen LogP contribution in [0.5, 0.6) is 0 Å². The highest BCUT2D eigenvalue weighted by molar-refractivity contribution is 5.76. The standard InChI is InChI=1S/C28H44N2O4/c1-19-27(3,4)21-17-24-22(18-23(21)29(19)15-11-7-9-13-25(31)32)28(5,6)20(2)30(24)16-12-8-10-14-26(33)34/h17-20H,7-16H2,1-6H3,(H,31,32)(H,33,34). The minimum absolute atomic E-state index is 0.0363. The highest BCUT2D eigenvalue weighted by Crippen LogP contribution is 2.53. The van der Waals surface area contributed by atoms with Gasteiger partial charge in [0.1, 0.15) is 0 Å². The number of carbonyl (C=O) groups is 2. The van der Waals surface area contributed by atoms with Gasteiger partial charge in [0.2, 0.25) is 0 Å². The van der Waals surface area contributed by atoms with Crippen LogP contribution in [0.3, 0.4) is 0 Å². The second-order valence-electron chi connectivity index (χ2n) is 11.5. The minimum atomic E-state index is -0.709. The van der Waals surface area contributed by atoms with Crippen LogP contribution in [0.25, 0.3) is 0 Å². The van der Waals surface area contributed by atoms with Crippen LogP contribution < -0.4 is 9.80 Å². The second-order valence-corrected chi connectivity index (χ2v) is 11.5. The average molecular weight is 473 g/mol. The van der Waals surface area contributed by atoms with E-state index in [0.717, 1.165) is 51.6 Å². The third-order valence-electron chi connectivity index (χ3n) is 8.72. The molecular weight excluding hydrogens is 428 g/mol. The number of rotatable bonds is 12. The molecule has 2 aliphatic rings. The summed E-state index contributed by atoms with van der Waals surface area (Å²) in [5.74, 6) is -1.42. The Balaban J connectivity index is 1.81. The monoisotopic (exact) mass is 472 g/mol. The molecule has 0 aliphatic carbocycles. The van der Waals surface area contributed by atoms with Crippen LogP contribution in [0, 0.1) is 0 Å². The smallest absolute Gasteiger partial charge is 0.303 e. The Morgan fingerprint density at radius 1 is 0.706 bits per heavy atom. The quantitative estimate of drug-likeness (QED) is 0.366. The van der Waals surface area contributed by atoms with Crippen LogP contribution in [-0.4, -0.2) is 47.3 Å². The zero-order valence-corrected chi connectivity index (χ0v) is 22.0. The highest BCUT2D eigenvalue weighted by atomic mass is 16.4. The van der Waals surface area contributed by atoms with Gasteiger partial charge >= 0.3 is 11.9 Å². The molecule has 2 atom stereocenters. The van der Waals surface area contributed by atoms with Crippen LogP contribution in [0.2, 0.25) is 0 Å². The van der Waals surface area contributed by atoms with Gasteiger partial charge in [0, 0.05) is 60.2 Å². The minimum Gasteiger partial charge on any atom is -0.481 e. The fraction of sp³-hybridized carbons (Fsp3) is 0.714. The average Bonchev–Trinajstić information content (AvgIpc) is 3.05. The lowest BCUT2D eigenvalue weighted by molar-refractivity contribution is -0.138. The van der Waals surface area contributed by atoms with Gasteiger partial charge in [-0.1, -0.05) is 40.5 Å². The molecule has 2 unspecified atom stereocenters. The van der Waals surface area contributed by atoms with E-state index < -0.39 is 11.9 Å². The topological polar surface area (TPSA) is 81.1 Å². The molecule has 0 fully saturated rings. The summed E-state index contributed by atoms with van der Waals surface area (Å²) in [4.78, 5) is 26.8. The lowest BCUT2D eigenvalue weighted by atomic mass is 9.78. The first-order valence-corrected chi connectivity index (χ1v) is 13.0. The van der Waals surface area contributed by atoms with Crippen molar-refractivity contribution in [3.63, 3.8) is 0 Å². The molecule has 190 valence electrons. The maximum Gasteiger partial charge on any atom is 0.303 e. The number of fused-ring (bicyclic) bond motifs is 2. The molecule has 0 spiro atoms. The van der Waals surface area contributed by atoms with Gasteiger partial charge in [-0.05, 0) is 62.8 Å². The van der Waals surface area contributed by atoms with E-state index >= 15 is 0 Å². The van der Waals surface area contributed by atoms with E-state index in [1.54, 1.807) is 0 Å². The molecule has 1 aromatic rings. The first kappa shape index (κ1) is 26.4. The van der Waals surface area contributed by atoms with Crippen molar-refractivity contribution >= 4 is 23.3 Å². The van der Waals surface area contributed by atoms with Gasteiger partial charge in [-0.25, -0.2) is 0 Å². The molecule has 2 heterocycles. The maximum atomic E-state index is 10.8. The predicted molar refractivity (Wildman–Crippen MR) is 138 cm³/mol. The molecule has 0 radical (unpaired) electrons. The largest absolute Gasteiger partial charge is 0.481 e. The predicted octanol–water partition coefficient (Wildman–Crippen LogP) is 5.95. The lowest BCUT2D eigenvalue weighted by Gasteiger charge is -2.33. The zero-order valence-electron chi connectivity index (χ0n) is 22.0. The Morgan fingerprint density at radius 3 is 1.38 bits per heavy atom. The number of carboxylic acid groups (broad SMARTS) is 2. The molecule has 0 saturated heterocycles. The summed E-state index contributed by atoms with van der Waals surface area (Å²) in [6.45, 7) is 15.9. The van der Waals surface area contributed by atoms with Crippen molar-refractivity contribution in [3.8, 4) is 0 Å². The van der Waals surface area contributed by atoms with Gasteiger partial charge < -0.3 is 20.0 Å². The Morgan fingerprint density at radius 2 is 1.06 bits per heavy atom. The first-order chi connectivity index (χ1) is 15.9. The number of benzene rings is 1. The van der Waals surface area contributed by atoms with Crippen molar-refractivity contribution in [2.45, 2.75) is 116 Å². The van der Waals surface area contributed by atoms with Gasteiger partial charge in [0.25, 0.3) is 0 Å². The van der Waals surface area contributed by atoms with Crippen molar-refractivity contribution in [3.05, 3.63) is 23.3 Å². The molecule has 0 amide bonds. The molecule has 3 rings (SSSR count). The molecule has 0 aromatic heterocycles. The molecular formula is C28H44N2O4. The normalized spacial score (nSPS) is 22.1. The van der Waals surface area contributed by atoms with Crippen molar-refractivity contribution in [2.75, 3.05) is 22.9 Å². The Hall–Kier alpha value is -2.24. The van der Waals surface area contributed by atoms with Crippen LogP contribution >= 0.6 is 0 Å². The van der Waals surface area contributed by atoms with Crippen LogP contribution in [-0.2, 0) is 20.4 Å². The summed E-state index contributed by atoms with van der Waals surface area (Å²) in [5, 5.41) is 17.8. The van der Waals surface area contributed by atoms with Gasteiger partial charge in [-0.3, -0.25) is 9.59 Å². The summed E-state index contributed by atoms with van der Waals surface area (Å²) in [6.07, 6.45) is 5.88. The SMILES string of the molecule is CC1N(CCCCCC(=O)O)c2cc3c(cc2C1(C)C)N(CCCCCC(=O)O)C(C)C3(C)C. The second kappa shape index (κ2) is 10.2. The van der Waals surface area contributed by atoms with Crippen LogP contribution in [0.1, 0.15) is 104 Å². The Kier molecular flexibility index (Phi) is 7.89. The summed E-state index contributed by atoms with van der Waals surface area (Å²) in [7, 11) is 0. The van der Waals surface area contributed by atoms with Crippen molar-refractivity contribution in [2.24, 2.45) is 0 Å². The molecule has 1 aromatic carbocycles. The lowest BCUT2D eigenvalue weighted by Crippen LogP contribution is -2.40. The number of hydrogen-bond acceptors (Lipinski definition) is 4. The molecule has 0 saturated carbocycles. The summed E-state index contributed by atoms with van der Waals surface area (Å²) in [6, 6.07) is 5.64. The third-order valence-corrected chi connectivity index (χ3v) is 8.72. The van der Waals surface area contributed by atoms with E-state index in [0.29, 0.717) is 12.1 Å². The van der Waals surface area contributed by atoms with Gasteiger partial charge in [0.15, 0.2) is 0 Å². The number of carboxylic acids is 2. The molecule has 0 bridgehead atoms. The van der Waals surface area contributed by atoms with Crippen molar-refractivity contribution < 1.29 is 19.8 Å². The van der Waals surface area contributed by atoms with Crippen molar-refractivity contribution in [1.82, 2.24) is 0 Å². The number of anilines is 2. The van der Waals surface area contributed by atoms with E-state index in [9.17, 15) is 9.59 Å². The van der Waals surface area contributed by atoms with Gasteiger partial charge in [0.05, 0.1) is 0 Å². The maximum absolute atomic E-state index is 10.8. The zero-order chi connectivity index (χ0) is 25.3. The number of nitrogens with zero attached hydrogens (tertiary/aromatic N) is 2. The van der Waals surface area contributed by atoms with E-state index in [1.165, 1.54) is 22.5 Å². The molecule has 2 N–H and O–H groups in total. The summed E-state index contributed by atoms with van der Waals surface area (Å²) in [5.41, 5.74) is 5.58. The number of unbranched alkanes of at least 4 members (excludes halogenated alkanes) is 4. The van der Waals surface area contributed by atoms with E-state index in [2.05, 4.69) is 63.5 Å². The number of hydrogen-bond donors (Lipinski definition) is 2. The highest BCUT2D eigenvalue weighted by Gasteiger charge is 2.47. The van der Waals surface area contributed by atoms with Crippen LogP contribution in [0.15, 0.2) is 12.1 Å². The Labute approximate surface area is 205 Å². The fourth-order valence-electron chi connectivity index (χ4n) is 5.83. The third kappa shape index (κ3) is 5.06. The number of aliphatic carboxylic acids is 2. The van der Waals surface area contributed by atoms with Gasteiger partial charge in [-0.15, -0.1) is 0 Å². The molecule has 6 nitrogen and oxygen atoms in total. The fourth-order valence-corrected chi connectivity index (χ4v) is 5.83. The first-order valence-electron chi connectivity index (χ1n) is 13.0. The summed E-state index contributed by atoms with van der Waals surface area (Å²) < 4.78 is 0. The van der Waals surface area contributed by atoms with Gasteiger partial charge in [-0.2, -0.15) is 0 Å².